The molecule has 186 valence electrons. The fourth-order valence-electron chi connectivity index (χ4n) is 3.95. The number of carbonyl (C=O) groups is 2. The van der Waals surface area contributed by atoms with E-state index in [1.165, 1.54) is 6.20 Å². The smallest absolute Gasteiger partial charge is 0.433 e. The Labute approximate surface area is 209 Å². The second-order valence-corrected chi connectivity index (χ2v) is 8.19. The molecule has 2 heterocycles. The summed E-state index contributed by atoms with van der Waals surface area (Å²) in [5.74, 6) is 0.643. The maximum absolute atomic E-state index is 13.2. The molecule has 2 atom stereocenters. The number of hydrogen-bond donors (Lipinski definition) is 1. The van der Waals surface area contributed by atoms with Gasteiger partial charge in [-0.25, -0.2) is 4.79 Å². The summed E-state index contributed by atoms with van der Waals surface area (Å²) in [6.07, 6.45) is -0.122. The lowest BCUT2D eigenvalue weighted by Crippen LogP contribution is -2.48. The second-order valence-electron chi connectivity index (χ2n) is 8.19. The van der Waals surface area contributed by atoms with E-state index in [1.54, 1.807) is 44.6 Å². The highest BCUT2D eigenvalue weighted by Gasteiger charge is 2.37. The number of pyridine rings is 1. The first-order chi connectivity index (χ1) is 17.4. The van der Waals surface area contributed by atoms with Gasteiger partial charge in [0.15, 0.2) is 17.7 Å². The predicted octanol–water partition coefficient (Wildman–Crippen LogP) is 4.47. The Bertz CT molecular complexity index is 1280. The van der Waals surface area contributed by atoms with Crippen LogP contribution >= 0.6 is 0 Å². The molecular formula is C27H28N4O5. The minimum atomic E-state index is -0.931. The number of nitrogens with zero attached hydrogens (tertiary/aromatic N) is 3. The van der Waals surface area contributed by atoms with Crippen LogP contribution in [0.15, 0.2) is 72.0 Å². The summed E-state index contributed by atoms with van der Waals surface area (Å²) in [4.78, 5) is 30.3. The lowest BCUT2D eigenvalue weighted by molar-refractivity contribution is 0.0492. The van der Waals surface area contributed by atoms with Gasteiger partial charge in [-0.05, 0) is 49.2 Å². The molecule has 36 heavy (non-hydrogen) atoms. The van der Waals surface area contributed by atoms with Gasteiger partial charge in [-0.3, -0.25) is 9.78 Å². The van der Waals surface area contributed by atoms with E-state index in [-0.39, 0.29) is 5.69 Å². The van der Waals surface area contributed by atoms with Crippen molar-refractivity contribution in [2.45, 2.75) is 32.5 Å². The quantitative estimate of drug-likeness (QED) is 0.502. The molecule has 0 aliphatic carbocycles. The van der Waals surface area contributed by atoms with E-state index in [0.29, 0.717) is 34.8 Å². The van der Waals surface area contributed by atoms with Crippen molar-refractivity contribution < 1.29 is 23.8 Å². The van der Waals surface area contributed by atoms with E-state index in [2.05, 4.69) is 10.3 Å². The lowest BCUT2D eigenvalue weighted by atomic mass is 10.0. The van der Waals surface area contributed by atoms with Crippen LogP contribution in [0, 0.1) is 6.92 Å². The third-order valence-corrected chi connectivity index (χ3v) is 5.77. The summed E-state index contributed by atoms with van der Waals surface area (Å²) in [5, 5.41) is 8.77. The molecule has 2 amide bonds. The standard InChI is InChI=1S/C27H28N4O5/c1-5-21-24(18-12-13-22(34-3)23(16-18)35-4)30-31(27(33)36-21)25(19-10-8-9-17(2)15-19)29-26(32)20-11-6-7-14-28-20/h6-16,21,25H,5H2,1-4H3,(H,29,32). The Morgan fingerprint density at radius 1 is 1.08 bits per heavy atom. The average molecular weight is 489 g/mol. The zero-order valence-electron chi connectivity index (χ0n) is 20.6. The number of rotatable bonds is 8. The van der Waals surface area contributed by atoms with E-state index in [9.17, 15) is 9.59 Å². The number of ether oxygens (including phenoxy) is 3. The molecule has 0 saturated carbocycles. The first-order valence-corrected chi connectivity index (χ1v) is 11.5. The van der Waals surface area contributed by atoms with Crippen LogP contribution in [0.2, 0.25) is 0 Å². The molecule has 2 aromatic carbocycles. The number of carbonyl (C=O) groups excluding carboxylic acids is 2. The van der Waals surface area contributed by atoms with Gasteiger partial charge in [0.05, 0.1) is 14.2 Å². The van der Waals surface area contributed by atoms with Crippen molar-refractivity contribution in [1.29, 1.82) is 0 Å². The van der Waals surface area contributed by atoms with Gasteiger partial charge in [0.1, 0.15) is 17.5 Å². The first-order valence-electron chi connectivity index (χ1n) is 11.5. The van der Waals surface area contributed by atoms with Crippen molar-refractivity contribution in [3.05, 3.63) is 89.2 Å². The Morgan fingerprint density at radius 3 is 2.56 bits per heavy atom. The zero-order chi connectivity index (χ0) is 25.7. The molecule has 9 nitrogen and oxygen atoms in total. The third kappa shape index (κ3) is 5.14. The van der Waals surface area contributed by atoms with Crippen LogP contribution in [0.25, 0.3) is 0 Å². The molecule has 0 radical (unpaired) electrons. The number of nitrogens with one attached hydrogen (secondary N) is 1. The van der Waals surface area contributed by atoms with E-state index in [1.807, 2.05) is 44.2 Å². The van der Waals surface area contributed by atoms with Gasteiger partial charge < -0.3 is 19.5 Å². The number of benzene rings is 2. The Morgan fingerprint density at radius 2 is 1.89 bits per heavy atom. The van der Waals surface area contributed by atoms with E-state index in [0.717, 1.165) is 10.6 Å². The highest BCUT2D eigenvalue weighted by atomic mass is 16.6. The summed E-state index contributed by atoms with van der Waals surface area (Å²) >= 11 is 0. The minimum absolute atomic E-state index is 0.219. The fourth-order valence-corrected chi connectivity index (χ4v) is 3.95. The molecule has 1 N–H and O–H groups in total. The Balaban J connectivity index is 1.79. The van der Waals surface area contributed by atoms with E-state index >= 15 is 0 Å². The van der Waals surface area contributed by atoms with Crippen molar-refractivity contribution in [3.63, 3.8) is 0 Å². The zero-order valence-corrected chi connectivity index (χ0v) is 20.6. The monoisotopic (exact) mass is 488 g/mol. The van der Waals surface area contributed by atoms with Crippen molar-refractivity contribution in [3.8, 4) is 11.5 Å². The van der Waals surface area contributed by atoms with Gasteiger partial charge in [0, 0.05) is 11.8 Å². The number of hydrogen-bond acceptors (Lipinski definition) is 7. The number of hydrazone groups is 1. The van der Waals surface area contributed by atoms with Gasteiger partial charge >= 0.3 is 6.09 Å². The van der Waals surface area contributed by atoms with Crippen LogP contribution in [0.1, 0.15) is 46.7 Å². The molecule has 1 aromatic heterocycles. The summed E-state index contributed by atoms with van der Waals surface area (Å²) in [7, 11) is 3.11. The molecule has 0 saturated heterocycles. The predicted molar refractivity (Wildman–Crippen MR) is 134 cm³/mol. The lowest BCUT2D eigenvalue weighted by Gasteiger charge is -2.34. The molecule has 0 spiro atoms. The summed E-state index contributed by atoms with van der Waals surface area (Å²) in [5.41, 5.74) is 3.09. The van der Waals surface area contributed by atoms with E-state index < -0.39 is 24.3 Å². The van der Waals surface area contributed by atoms with Crippen LogP contribution in [0.4, 0.5) is 4.79 Å². The van der Waals surface area contributed by atoms with Crippen molar-refractivity contribution >= 4 is 17.7 Å². The Kier molecular flexibility index (Phi) is 7.48. The van der Waals surface area contributed by atoms with Gasteiger partial charge in [-0.1, -0.05) is 42.8 Å². The van der Waals surface area contributed by atoms with Crippen molar-refractivity contribution in [2.75, 3.05) is 14.2 Å². The van der Waals surface area contributed by atoms with Crippen LogP contribution in [-0.2, 0) is 4.74 Å². The minimum Gasteiger partial charge on any atom is -0.493 e. The first kappa shape index (κ1) is 24.7. The second kappa shape index (κ2) is 10.9. The fraction of sp³-hybridized carbons (Fsp3) is 0.259. The molecule has 1 aliphatic heterocycles. The SMILES string of the molecule is CCC1OC(=O)N(C(NC(=O)c2ccccn2)c2cccc(C)c2)N=C1c1ccc(OC)c(OC)c1. The summed E-state index contributed by atoms with van der Waals surface area (Å²) < 4.78 is 16.6. The number of methoxy groups -OCH3 is 2. The van der Waals surface area contributed by atoms with Gasteiger partial charge in [0.2, 0.25) is 0 Å². The highest BCUT2D eigenvalue weighted by molar-refractivity contribution is 6.06. The molecule has 0 bridgehead atoms. The third-order valence-electron chi connectivity index (χ3n) is 5.77. The van der Waals surface area contributed by atoms with Crippen molar-refractivity contribution in [1.82, 2.24) is 15.3 Å². The summed E-state index contributed by atoms with van der Waals surface area (Å²) in [6, 6.07) is 17.9. The number of aromatic nitrogens is 1. The number of cyclic esters (lactones) is 1. The maximum atomic E-state index is 13.2. The molecule has 4 rings (SSSR count). The normalized spacial score (nSPS) is 16.0. The largest absolute Gasteiger partial charge is 0.493 e. The molecular weight excluding hydrogens is 460 g/mol. The molecule has 2 unspecified atom stereocenters. The van der Waals surface area contributed by atoms with Crippen LogP contribution in [0.3, 0.4) is 0 Å². The Hall–Kier alpha value is -4.40. The van der Waals surface area contributed by atoms with Gasteiger partial charge in [0.25, 0.3) is 5.91 Å². The van der Waals surface area contributed by atoms with Crippen molar-refractivity contribution in [2.24, 2.45) is 5.10 Å². The van der Waals surface area contributed by atoms with Crippen LogP contribution in [0.5, 0.6) is 11.5 Å². The van der Waals surface area contributed by atoms with E-state index in [4.69, 9.17) is 19.3 Å². The molecule has 0 fully saturated rings. The molecule has 1 aliphatic rings. The van der Waals surface area contributed by atoms with Gasteiger partial charge in [-0.15, -0.1) is 0 Å². The van der Waals surface area contributed by atoms with Gasteiger partial charge in [-0.2, -0.15) is 10.1 Å². The average Bonchev–Trinajstić information content (AvgIpc) is 2.91. The maximum Gasteiger partial charge on any atom is 0.433 e. The molecule has 3 aromatic rings. The van der Waals surface area contributed by atoms with Crippen LogP contribution in [-0.4, -0.2) is 48.0 Å². The molecule has 9 heteroatoms. The van der Waals surface area contributed by atoms with Crippen LogP contribution < -0.4 is 14.8 Å². The number of amides is 2. The topological polar surface area (TPSA) is 102 Å². The summed E-state index contributed by atoms with van der Waals surface area (Å²) in [6.45, 7) is 3.84. The highest BCUT2D eigenvalue weighted by Crippen LogP contribution is 2.31. The number of aryl methyl sites for hydroxylation is 1.